The fourth-order valence-electron chi connectivity index (χ4n) is 4.25. The van der Waals surface area contributed by atoms with E-state index in [1.54, 1.807) is 19.2 Å². The van der Waals surface area contributed by atoms with Crippen LogP contribution < -0.4 is 19.6 Å². The molecule has 0 fully saturated rings. The molecule has 4 rings (SSSR count). The average Bonchev–Trinajstić information content (AvgIpc) is 2.72. The molecule has 6 nitrogen and oxygen atoms in total. The van der Waals surface area contributed by atoms with Crippen molar-refractivity contribution in [1.82, 2.24) is 0 Å². The van der Waals surface area contributed by atoms with Crippen molar-refractivity contribution in [1.29, 1.82) is 0 Å². The summed E-state index contributed by atoms with van der Waals surface area (Å²) in [5.74, 6) is 1.40. The molecule has 1 aromatic heterocycles. The lowest BCUT2D eigenvalue weighted by molar-refractivity contribution is 0.0857. The number of ether oxygens (including phenoxy) is 3. The maximum Gasteiger partial charge on any atom is 0.204 e. The zero-order chi connectivity index (χ0) is 23.2. The SMILES string of the molecule is CCOc1cc2oc3cc(OC)c4c(c3c(=O)c2c(CC=C(C)C)c1O)OC(C)(C)CC4. The summed E-state index contributed by atoms with van der Waals surface area (Å²) in [6.07, 6.45) is 3.90. The maximum atomic E-state index is 13.9. The molecular weight excluding hydrogens is 408 g/mol. The topological polar surface area (TPSA) is 78.1 Å². The number of hydrogen-bond donors (Lipinski definition) is 1. The molecule has 2 aromatic carbocycles. The molecule has 0 saturated heterocycles. The minimum absolute atomic E-state index is 0.0351. The number of aromatic hydroxyl groups is 1. The number of benzene rings is 2. The molecular formula is C26H30O6. The van der Waals surface area contributed by atoms with Crippen molar-refractivity contribution in [2.75, 3.05) is 13.7 Å². The summed E-state index contributed by atoms with van der Waals surface area (Å²) in [4.78, 5) is 13.9. The molecule has 0 unspecified atom stereocenters. The van der Waals surface area contributed by atoms with E-state index in [-0.39, 0.29) is 11.2 Å². The average molecular weight is 439 g/mol. The lowest BCUT2D eigenvalue weighted by atomic mass is 9.91. The van der Waals surface area contributed by atoms with Crippen LogP contribution >= 0.6 is 0 Å². The third-order valence-electron chi connectivity index (χ3n) is 5.90. The Labute approximate surface area is 187 Å². The van der Waals surface area contributed by atoms with E-state index in [1.165, 1.54) is 0 Å². The Kier molecular flexibility index (Phi) is 5.57. The van der Waals surface area contributed by atoms with Crippen molar-refractivity contribution in [2.45, 2.75) is 59.5 Å². The fourth-order valence-corrected chi connectivity index (χ4v) is 4.25. The standard InChI is InChI=1S/C26H30O6/c1-7-30-20-13-18-21(16(23(20)27)9-8-14(2)3)24(28)22-19(31-18)12-17(29-6)15-10-11-26(4,5)32-25(15)22/h8,12-13,27H,7,9-11H2,1-6H3. The summed E-state index contributed by atoms with van der Waals surface area (Å²) in [5, 5.41) is 11.7. The summed E-state index contributed by atoms with van der Waals surface area (Å²) >= 11 is 0. The number of phenols is 1. The highest BCUT2D eigenvalue weighted by Crippen LogP contribution is 2.45. The highest BCUT2D eigenvalue weighted by Gasteiger charge is 2.32. The van der Waals surface area contributed by atoms with Gasteiger partial charge in [-0.05, 0) is 53.9 Å². The Morgan fingerprint density at radius 2 is 1.88 bits per heavy atom. The van der Waals surface area contributed by atoms with Gasteiger partial charge in [-0.3, -0.25) is 4.79 Å². The first-order chi connectivity index (χ1) is 15.2. The van der Waals surface area contributed by atoms with Crippen LogP contribution in [0.3, 0.4) is 0 Å². The normalized spacial score (nSPS) is 14.7. The highest BCUT2D eigenvalue weighted by atomic mass is 16.5. The molecule has 0 amide bonds. The first-order valence-corrected chi connectivity index (χ1v) is 11.0. The molecule has 0 aliphatic carbocycles. The molecule has 170 valence electrons. The monoisotopic (exact) mass is 438 g/mol. The van der Waals surface area contributed by atoms with Gasteiger partial charge >= 0.3 is 0 Å². The number of allylic oxidation sites excluding steroid dienone is 2. The van der Waals surface area contributed by atoms with Crippen molar-refractivity contribution in [2.24, 2.45) is 0 Å². The van der Waals surface area contributed by atoms with Crippen LogP contribution in [0.25, 0.3) is 21.9 Å². The van der Waals surface area contributed by atoms with E-state index in [9.17, 15) is 9.90 Å². The van der Waals surface area contributed by atoms with Crippen molar-refractivity contribution in [3.05, 3.63) is 45.1 Å². The molecule has 2 heterocycles. The largest absolute Gasteiger partial charge is 0.504 e. The second-order valence-corrected chi connectivity index (χ2v) is 9.05. The third-order valence-corrected chi connectivity index (χ3v) is 5.90. The van der Waals surface area contributed by atoms with Crippen molar-refractivity contribution in [3.63, 3.8) is 0 Å². The van der Waals surface area contributed by atoms with Crippen LogP contribution in [-0.2, 0) is 12.8 Å². The maximum absolute atomic E-state index is 13.9. The lowest BCUT2D eigenvalue weighted by Crippen LogP contribution is -2.33. The molecule has 0 radical (unpaired) electrons. The van der Waals surface area contributed by atoms with E-state index in [1.807, 2.05) is 40.7 Å². The highest BCUT2D eigenvalue weighted by molar-refractivity contribution is 5.98. The van der Waals surface area contributed by atoms with E-state index in [2.05, 4.69) is 0 Å². The first-order valence-electron chi connectivity index (χ1n) is 11.0. The summed E-state index contributed by atoms with van der Waals surface area (Å²) in [6.45, 7) is 10.2. The van der Waals surface area contributed by atoms with Gasteiger partial charge < -0.3 is 23.7 Å². The zero-order valence-corrected chi connectivity index (χ0v) is 19.5. The fraction of sp³-hybridized carbons (Fsp3) is 0.423. The summed E-state index contributed by atoms with van der Waals surface area (Å²) in [5.41, 5.74) is 2.54. The molecule has 0 spiro atoms. The molecule has 0 saturated carbocycles. The first kappa shape index (κ1) is 22.1. The molecule has 3 aromatic rings. The van der Waals surface area contributed by atoms with Crippen LogP contribution in [0.4, 0.5) is 0 Å². The number of hydrogen-bond acceptors (Lipinski definition) is 6. The van der Waals surface area contributed by atoms with Gasteiger partial charge in [-0.15, -0.1) is 0 Å². The minimum atomic E-state index is -0.417. The zero-order valence-electron chi connectivity index (χ0n) is 19.5. The van der Waals surface area contributed by atoms with Gasteiger partial charge in [0.05, 0.1) is 19.1 Å². The quantitative estimate of drug-likeness (QED) is 0.408. The van der Waals surface area contributed by atoms with Gasteiger partial charge in [0.25, 0.3) is 0 Å². The van der Waals surface area contributed by atoms with E-state index in [4.69, 9.17) is 18.6 Å². The number of rotatable bonds is 5. The van der Waals surface area contributed by atoms with Gasteiger partial charge in [-0.2, -0.15) is 0 Å². The predicted molar refractivity (Wildman–Crippen MR) is 126 cm³/mol. The number of fused-ring (bicyclic) bond motifs is 4. The Morgan fingerprint density at radius 1 is 1.19 bits per heavy atom. The van der Waals surface area contributed by atoms with Gasteiger partial charge in [0, 0.05) is 23.3 Å². The number of methoxy groups -OCH3 is 1. The van der Waals surface area contributed by atoms with Crippen LogP contribution in [0, 0.1) is 0 Å². The van der Waals surface area contributed by atoms with Crippen LogP contribution in [0.2, 0.25) is 0 Å². The van der Waals surface area contributed by atoms with E-state index < -0.39 is 5.60 Å². The lowest BCUT2D eigenvalue weighted by Gasteiger charge is -2.33. The van der Waals surface area contributed by atoms with Crippen LogP contribution in [0.15, 0.2) is 33.0 Å². The molecule has 6 heteroatoms. The van der Waals surface area contributed by atoms with Crippen molar-refractivity contribution < 1.29 is 23.7 Å². The van der Waals surface area contributed by atoms with Gasteiger partial charge in [0.1, 0.15) is 33.7 Å². The van der Waals surface area contributed by atoms with Crippen molar-refractivity contribution >= 4 is 21.9 Å². The summed E-state index contributed by atoms with van der Waals surface area (Å²) in [6, 6.07) is 3.33. The summed E-state index contributed by atoms with van der Waals surface area (Å²) < 4.78 is 23.7. The van der Waals surface area contributed by atoms with Gasteiger partial charge in [-0.25, -0.2) is 0 Å². The summed E-state index contributed by atoms with van der Waals surface area (Å²) in [7, 11) is 1.60. The van der Waals surface area contributed by atoms with Crippen LogP contribution in [0.5, 0.6) is 23.0 Å². The molecule has 32 heavy (non-hydrogen) atoms. The van der Waals surface area contributed by atoms with Gasteiger partial charge in [0.15, 0.2) is 11.5 Å². The van der Waals surface area contributed by atoms with E-state index in [0.29, 0.717) is 57.8 Å². The second kappa shape index (κ2) is 8.08. The Balaban J connectivity index is 2.14. The molecule has 1 N–H and O–H groups in total. The van der Waals surface area contributed by atoms with E-state index >= 15 is 0 Å². The van der Waals surface area contributed by atoms with Crippen molar-refractivity contribution in [3.8, 4) is 23.0 Å². The molecule has 0 bridgehead atoms. The Bertz CT molecular complexity index is 1290. The van der Waals surface area contributed by atoms with Gasteiger partial charge in [-0.1, -0.05) is 11.6 Å². The molecule has 1 aliphatic heterocycles. The predicted octanol–water partition coefficient (Wildman–Crippen LogP) is 5.67. The van der Waals surface area contributed by atoms with Gasteiger partial charge in [0.2, 0.25) is 5.43 Å². The van der Waals surface area contributed by atoms with E-state index in [0.717, 1.165) is 24.0 Å². The van der Waals surface area contributed by atoms with Crippen LogP contribution in [0.1, 0.15) is 52.2 Å². The Hall–Kier alpha value is -3.15. The molecule has 0 atom stereocenters. The van der Waals surface area contributed by atoms with Crippen LogP contribution in [-0.4, -0.2) is 24.4 Å². The second-order valence-electron chi connectivity index (χ2n) is 9.05. The number of phenolic OH excluding ortho intramolecular Hbond substituents is 1. The Morgan fingerprint density at radius 3 is 2.53 bits per heavy atom. The minimum Gasteiger partial charge on any atom is -0.504 e. The third kappa shape index (κ3) is 3.68. The molecule has 1 aliphatic rings. The smallest absolute Gasteiger partial charge is 0.204 e.